The number of halogens is 1. The first kappa shape index (κ1) is 12.4. The van der Waals surface area contributed by atoms with Gasteiger partial charge in [-0.25, -0.2) is 9.97 Å². The molecule has 18 heavy (non-hydrogen) atoms. The van der Waals surface area contributed by atoms with Gasteiger partial charge in [-0.05, 0) is 36.2 Å². The lowest BCUT2D eigenvalue weighted by Crippen LogP contribution is -2.26. The molecule has 1 aliphatic rings. The largest absolute Gasteiger partial charge is 0.225 e. The van der Waals surface area contributed by atoms with Crippen molar-refractivity contribution in [3.05, 3.63) is 21.9 Å². The molecule has 0 unspecified atom stereocenters. The Labute approximate surface area is 116 Å². The van der Waals surface area contributed by atoms with Crippen LogP contribution < -0.4 is 0 Å². The Morgan fingerprint density at radius 3 is 2.83 bits per heavy atom. The van der Waals surface area contributed by atoms with Crippen molar-refractivity contribution in [1.82, 2.24) is 9.97 Å². The summed E-state index contributed by atoms with van der Waals surface area (Å²) in [4.78, 5) is 11.0. The molecule has 0 saturated heterocycles. The molecule has 1 aliphatic carbocycles. The third-order valence-corrected chi connectivity index (χ3v) is 5.47. The van der Waals surface area contributed by atoms with E-state index < -0.39 is 0 Å². The van der Waals surface area contributed by atoms with E-state index in [1.807, 2.05) is 0 Å². The highest BCUT2D eigenvalue weighted by Gasteiger charge is 2.31. The van der Waals surface area contributed by atoms with E-state index >= 15 is 0 Å². The summed E-state index contributed by atoms with van der Waals surface area (Å²) in [5.41, 5.74) is 1.78. The summed E-state index contributed by atoms with van der Waals surface area (Å²) in [6.45, 7) is 7.01. The lowest BCUT2D eigenvalue weighted by molar-refractivity contribution is 0.218. The molecule has 2 aromatic heterocycles. The van der Waals surface area contributed by atoms with Crippen LogP contribution in [0.4, 0.5) is 0 Å². The SMILES string of the molecule is CC(C)(C)[C@@H]1CCc2c(sc3ncnc(Cl)c23)C1. The summed E-state index contributed by atoms with van der Waals surface area (Å²) >= 11 is 8.02. The lowest BCUT2D eigenvalue weighted by atomic mass is 9.72. The van der Waals surface area contributed by atoms with Crippen LogP contribution in [0, 0.1) is 11.3 Å². The van der Waals surface area contributed by atoms with Crippen LogP contribution >= 0.6 is 22.9 Å². The summed E-state index contributed by atoms with van der Waals surface area (Å²) in [6.07, 6.45) is 5.09. The van der Waals surface area contributed by atoms with Crippen LogP contribution in [0.1, 0.15) is 37.6 Å². The fourth-order valence-electron chi connectivity index (χ4n) is 2.81. The minimum atomic E-state index is 0.378. The predicted molar refractivity (Wildman–Crippen MR) is 77.4 cm³/mol. The first-order valence-electron chi connectivity index (χ1n) is 6.37. The molecule has 0 spiro atoms. The second-order valence-corrected chi connectivity index (χ2v) is 7.60. The Morgan fingerprint density at radius 1 is 1.33 bits per heavy atom. The molecular formula is C14H17ClN2S. The lowest BCUT2D eigenvalue weighted by Gasteiger charge is -2.33. The molecule has 0 aliphatic heterocycles. The van der Waals surface area contributed by atoms with E-state index in [2.05, 4.69) is 30.7 Å². The van der Waals surface area contributed by atoms with E-state index in [9.17, 15) is 0 Å². The van der Waals surface area contributed by atoms with Crippen molar-refractivity contribution in [3.8, 4) is 0 Å². The van der Waals surface area contributed by atoms with Gasteiger partial charge in [0.25, 0.3) is 0 Å². The Morgan fingerprint density at radius 2 is 2.11 bits per heavy atom. The molecule has 0 saturated carbocycles. The molecule has 4 heteroatoms. The second kappa shape index (κ2) is 4.17. The van der Waals surface area contributed by atoms with E-state index in [4.69, 9.17) is 11.6 Å². The molecule has 2 aromatic rings. The van der Waals surface area contributed by atoms with Crippen molar-refractivity contribution < 1.29 is 0 Å². The van der Waals surface area contributed by atoms with E-state index in [0.717, 1.165) is 29.0 Å². The zero-order valence-electron chi connectivity index (χ0n) is 11.0. The van der Waals surface area contributed by atoms with Gasteiger partial charge in [-0.1, -0.05) is 32.4 Å². The van der Waals surface area contributed by atoms with Crippen molar-refractivity contribution in [2.24, 2.45) is 11.3 Å². The number of aryl methyl sites for hydroxylation is 1. The van der Waals surface area contributed by atoms with Crippen LogP contribution in [0.5, 0.6) is 0 Å². The van der Waals surface area contributed by atoms with E-state index in [1.54, 1.807) is 17.7 Å². The monoisotopic (exact) mass is 280 g/mol. The van der Waals surface area contributed by atoms with Gasteiger partial charge in [0.2, 0.25) is 0 Å². The summed E-state index contributed by atoms with van der Waals surface area (Å²) in [7, 11) is 0. The van der Waals surface area contributed by atoms with Crippen molar-refractivity contribution in [2.45, 2.75) is 40.0 Å². The quantitative estimate of drug-likeness (QED) is 0.664. The number of fused-ring (bicyclic) bond motifs is 3. The zero-order valence-corrected chi connectivity index (χ0v) is 12.5. The first-order chi connectivity index (χ1) is 8.47. The number of hydrogen-bond acceptors (Lipinski definition) is 3. The molecule has 3 rings (SSSR count). The molecule has 0 fully saturated rings. The van der Waals surface area contributed by atoms with Crippen molar-refractivity contribution in [2.75, 3.05) is 0 Å². The fourth-order valence-corrected chi connectivity index (χ4v) is 4.38. The van der Waals surface area contributed by atoms with Gasteiger partial charge in [0.15, 0.2) is 0 Å². The highest BCUT2D eigenvalue weighted by Crippen LogP contribution is 2.43. The maximum Gasteiger partial charge on any atom is 0.141 e. The predicted octanol–water partition coefficient (Wildman–Crippen LogP) is 4.50. The Balaban J connectivity index is 2.08. The maximum atomic E-state index is 6.22. The molecule has 0 N–H and O–H groups in total. The van der Waals surface area contributed by atoms with Gasteiger partial charge in [0.05, 0.1) is 5.39 Å². The van der Waals surface area contributed by atoms with Crippen LogP contribution in [-0.2, 0) is 12.8 Å². The maximum absolute atomic E-state index is 6.22. The molecule has 0 radical (unpaired) electrons. The molecule has 0 bridgehead atoms. The Kier molecular flexibility index (Phi) is 2.87. The van der Waals surface area contributed by atoms with Crippen LogP contribution in [0.2, 0.25) is 5.15 Å². The average molecular weight is 281 g/mol. The van der Waals surface area contributed by atoms with E-state index in [1.165, 1.54) is 16.9 Å². The van der Waals surface area contributed by atoms with E-state index in [-0.39, 0.29) is 0 Å². The van der Waals surface area contributed by atoms with Gasteiger partial charge in [0.1, 0.15) is 16.3 Å². The van der Waals surface area contributed by atoms with Crippen LogP contribution in [0.15, 0.2) is 6.33 Å². The number of hydrogen-bond donors (Lipinski definition) is 0. The molecular weight excluding hydrogens is 264 g/mol. The highest BCUT2D eigenvalue weighted by molar-refractivity contribution is 7.19. The van der Waals surface area contributed by atoms with Gasteiger partial charge in [-0.15, -0.1) is 11.3 Å². The number of aromatic nitrogens is 2. The smallest absolute Gasteiger partial charge is 0.141 e. The van der Waals surface area contributed by atoms with Gasteiger partial charge in [0, 0.05) is 4.88 Å². The number of rotatable bonds is 0. The summed E-state index contributed by atoms with van der Waals surface area (Å²) in [5, 5.41) is 1.72. The zero-order chi connectivity index (χ0) is 12.9. The van der Waals surface area contributed by atoms with Crippen LogP contribution in [-0.4, -0.2) is 9.97 Å². The Bertz CT molecular complexity index is 598. The normalized spacial score (nSPS) is 20.1. The summed E-state index contributed by atoms with van der Waals surface area (Å²) < 4.78 is 0. The van der Waals surface area contributed by atoms with Gasteiger partial charge in [-0.3, -0.25) is 0 Å². The molecule has 1 atom stereocenters. The number of thiophene rings is 1. The molecule has 0 amide bonds. The third kappa shape index (κ3) is 1.94. The fraction of sp³-hybridized carbons (Fsp3) is 0.571. The highest BCUT2D eigenvalue weighted by atomic mass is 35.5. The van der Waals surface area contributed by atoms with E-state index in [0.29, 0.717) is 10.6 Å². The third-order valence-electron chi connectivity index (χ3n) is 4.02. The molecule has 96 valence electrons. The summed E-state index contributed by atoms with van der Waals surface area (Å²) in [5.74, 6) is 0.754. The second-order valence-electron chi connectivity index (χ2n) is 6.15. The van der Waals surface area contributed by atoms with Crippen LogP contribution in [0.25, 0.3) is 10.2 Å². The Hall–Kier alpha value is -0.670. The van der Waals surface area contributed by atoms with Crippen molar-refractivity contribution >= 4 is 33.2 Å². The van der Waals surface area contributed by atoms with Crippen LogP contribution in [0.3, 0.4) is 0 Å². The average Bonchev–Trinajstić information content (AvgIpc) is 2.66. The van der Waals surface area contributed by atoms with Gasteiger partial charge in [-0.2, -0.15) is 0 Å². The molecule has 2 nitrogen and oxygen atoms in total. The minimum Gasteiger partial charge on any atom is -0.225 e. The standard InChI is InChI=1S/C14H17ClN2S/c1-14(2,3)8-4-5-9-10(6-8)18-13-11(9)12(15)16-7-17-13/h7-8H,4-6H2,1-3H3/t8-/m1/s1. The molecule has 2 heterocycles. The van der Waals surface area contributed by atoms with Gasteiger partial charge >= 0.3 is 0 Å². The first-order valence-corrected chi connectivity index (χ1v) is 7.57. The number of nitrogens with zero attached hydrogens (tertiary/aromatic N) is 2. The minimum absolute atomic E-state index is 0.378. The van der Waals surface area contributed by atoms with Crippen molar-refractivity contribution in [1.29, 1.82) is 0 Å². The van der Waals surface area contributed by atoms with Crippen molar-refractivity contribution in [3.63, 3.8) is 0 Å². The topological polar surface area (TPSA) is 25.8 Å². The summed E-state index contributed by atoms with van der Waals surface area (Å²) in [6, 6.07) is 0. The van der Waals surface area contributed by atoms with Gasteiger partial charge < -0.3 is 0 Å². The molecule has 0 aromatic carbocycles.